The van der Waals surface area contributed by atoms with E-state index in [4.69, 9.17) is 5.11 Å². The Hall–Kier alpha value is -1.17. The molecule has 1 fully saturated rings. The van der Waals surface area contributed by atoms with Gasteiger partial charge in [-0.25, -0.2) is 8.42 Å². The topological polar surface area (TPSA) is 90.4 Å². The average molecular weight is 245 g/mol. The van der Waals surface area contributed by atoms with Gasteiger partial charge in [0.25, 0.3) is 0 Å². The summed E-state index contributed by atoms with van der Waals surface area (Å²) in [6.07, 6.45) is 4.14. The molecule has 0 spiro atoms. The van der Waals surface area contributed by atoms with Crippen molar-refractivity contribution in [3.63, 3.8) is 0 Å². The number of sulfone groups is 1. The molecule has 0 radical (unpaired) electrons. The van der Waals surface area contributed by atoms with Crippen molar-refractivity contribution in [2.24, 2.45) is 0 Å². The van der Waals surface area contributed by atoms with E-state index in [1.54, 1.807) is 0 Å². The van der Waals surface area contributed by atoms with E-state index in [9.17, 15) is 13.5 Å². The van der Waals surface area contributed by atoms with Gasteiger partial charge in [-0.2, -0.15) is 0 Å². The van der Waals surface area contributed by atoms with Crippen LogP contribution in [0.25, 0.3) is 0 Å². The molecular weight excluding hydrogens is 230 g/mol. The van der Waals surface area contributed by atoms with Gasteiger partial charge in [0.1, 0.15) is 4.90 Å². The molecule has 2 rings (SSSR count). The van der Waals surface area contributed by atoms with Gasteiger partial charge in [-0.15, -0.1) is 0 Å². The molecule has 1 saturated carbocycles. The molecule has 0 bridgehead atoms. The van der Waals surface area contributed by atoms with Gasteiger partial charge in [0.15, 0.2) is 15.7 Å². The first-order chi connectivity index (χ1) is 7.51. The summed E-state index contributed by atoms with van der Waals surface area (Å²) in [4.78, 5) is 2.00. The minimum absolute atomic E-state index is 0.183. The first-order valence-electron chi connectivity index (χ1n) is 5.36. The monoisotopic (exact) mass is 245 g/mol. The molecule has 6 heteroatoms. The molecule has 1 aromatic heterocycles. The van der Waals surface area contributed by atoms with Crippen molar-refractivity contribution >= 4 is 9.84 Å². The molecule has 0 atom stereocenters. The Morgan fingerprint density at radius 1 is 1.19 bits per heavy atom. The minimum Gasteiger partial charge on any atom is -0.494 e. The summed E-state index contributed by atoms with van der Waals surface area (Å²) >= 11 is 0. The molecule has 90 valence electrons. The minimum atomic E-state index is -3.51. The Morgan fingerprint density at radius 3 is 2.31 bits per heavy atom. The summed E-state index contributed by atoms with van der Waals surface area (Å²) in [5.74, 6) is -0.796. The summed E-state index contributed by atoms with van der Waals surface area (Å²) < 4.78 is 24.3. The van der Waals surface area contributed by atoms with Gasteiger partial charge in [0.2, 0.25) is 5.88 Å². The first-order valence-corrected chi connectivity index (χ1v) is 6.91. The van der Waals surface area contributed by atoms with E-state index in [2.05, 4.69) is 4.98 Å². The fourth-order valence-electron chi connectivity index (χ4n) is 2.18. The zero-order chi connectivity index (χ0) is 11.8. The fraction of sp³-hybridized carbons (Fsp3) is 0.600. The summed E-state index contributed by atoms with van der Waals surface area (Å²) in [5, 5.41) is 18.1. The van der Waals surface area contributed by atoms with Crippen molar-refractivity contribution in [1.29, 1.82) is 0 Å². The lowest BCUT2D eigenvalue weighted by atomic mass is 10.0. The van der Waals surface area contributed by atoms with Gasteiger partial charge >= 0.3 is 0 Å². The van der Waals surface area contributed by atoms with Crippen LogP contribution in [0.2, 0.25) is 0 Å². The van der Waals surface area contributed by atoms with E-state index in [-0.39, 0.29) is 10.8 Å². The average Bonchev–Trinajstić information content (AvgIpc) is 2.60. The lowest BCUT2D eigenvalue weighted by molar-refractivity contribution is 0.419. The van der Waals surface area contributed by atoms with Gasteiger partial charge in [0, 0.05) is 6.07 Å². The Bertz CT molecular complexity index is 471. The van der Waals surface area contributed by atoms with E-state index in [0.717, 1.165) is 25.3 Å². The van der Waals surface area contributed by atoms with E-state index in [0.29, 0.717) is 12.8 Å². The van der Waals surface area contributed by atoms with Crippen LogP contribution in [0.5, 0.6) is 11.8 Å². The SMILES string of the molecule is O=S(=O)(c1cc(O)[nH]c1O)C1CCCCC1. The summed E-state index contributed by atoms with van der Waals surface area (Å²) in [7, 11) is -3.51. The summed E-state index contributed by atoms with van der Waals surface area (Å²) in [6.45, 7) is 0. The standard InChI is InChI=1S/C10H15NO4S/c12-9-6-8(10(13)11-9)16(14,15)7-4-2-1-3-5-7/h6-7,11-13H,1-5H2. The second kappa shape index (κ2) is 4.01. The summed E-state index contributed by atoms with van der Waals surface area (Å²) in [5.41, 5.74) is 0. The number of nitrogens with one attached hydrogen (secondary N) is 1. The number of rotatable bonds is 2. The number of aromatic amines is 1. The molecule has 0 saturated heterocycles. The zero-order valence-corrected chi connectivity index (χ0v) is 9.63. The molecule has 0 aliphatic heterocycles. The van der Waals surface area contributed by atoms with Crippen molar-refractivity contribution < 1.29 is 18.6 Å². The predicted molar refractivity (Wildman–Crippen MR) is 58.2 cm³/mol. The second-order valence-electron chi connectivity index (χ2n) is 4.17. The number of aromatic hydroxyl groups is 2. The molecule has 3 N–H and O–H groups in total. The number of H-pyrrole nitrogens is 1. The summed E-state index contributed by atoms with van der Waals surface area (Å²) in [6, 6.07) is 1.07. The van der Waals surface area contributed by atoms with Crippen LogP contribution >= 0.6 is 0 Å². The smallest absolute Gasteiger partial charge is 0.210 e. The molecule has 1 heterocycles. The number of hydrogen-bond donors (Lipinski definition) is 3. The van der Waals surface area contributed by atoms with Gasteiger partial charge < -0.3 is 10.2 Å². The van der Waals surface area contributed by atoms with Gasteiger partial charge in [-0.05, 0) is 12.8 Å². The highest BCUT2D eigenvalue weighted by Crippen LogP contribution is 2.34. The molecule has 1 aromatic rings. The number of aromatic nitrogens is 1. The predicted octanol–water partition coefficient (Wildman–Crippen LogP) is 1.53. The first kappa shape index (κ1) is 11.3. The van der Waals surface area contributed by atoms with Crippen LogP contribution in [0.3, 0.4) is 0 Å². The maximum atomic E-state index is 12.1. The van der Waals surface area contributed by atoms with Crippen molar-refractivity contribution in [3.8, 4) is 11.8 Å². The van der Waals surface area contributed by atoms with E-state index in [1.807, 2.05) is 0 Å². The van der Waals surface area contributed by atoms with Gasteiger partial charge in [0.05, 0.1) is 5.25 Å². The molecule has 1 aliphatic carbocycles. The van der Waals surface area contributed by atoms with Crippen molar-refractivity contribution in [2.45, 2.75) is 42.2 Å². The molecule has 5 nitrogen and oxygen atoms in total. The quantitative estimate of drug-likeness (QED) is 0.737. The van der Waals surface area contributed by atoms with E-state index in [1.165, 1.54) is 0 Å². The molecule has 16 heavy (non-hydrogen) atoms. The largest absolute Gasteiger partial charge is 0.494 e. The highest BCUT2D eigenvalue weighted by molar-refractivity contribution is 7.92. The highest BCUT2D eigenvalue weighted by atomic mass is 32.2. The molecule has 0 aromatic carbocycles. The van der Waals surface area contributed by atoms with Crippen LogP contribution in [-0.2, 0) is 9.84 Å². The lowest BCUT2D eigenvalue weighted by Crippen LogP contribution is -2.23. The van der Waals surface area contributed by atoms with E-state index >= 15 is 0 Å². The van der Waals surface area contributed by atoms with Crippen LogP contribution < -0.4 is 0 Å². The third-order valence-corrected chi connectivity index (χ3v) is 5.32. The lowest BCUT2D eigenvalue weighted by Gasteiger charge is -2.21. The maximum absolute atomic E-state index is 12.1. The molecule has 0 amide bonds. The maximum Gasteiger partial charge on any atom is 0.210 e. The Balaban J connectivity index is 2.34. The Morgan fingerprint density at radius 2 is 1.81 bits per heavy atom. The van der Waals surface area contributed by atoms with Crippen LogP contribution in [0.15, 0.2) is 11.0 Å². The van der Waals surface area contributed by atoms with Crippen LogP contribution in [0, 0.1) is 0 Å². The molecule has 1 aliphatic rings. The third kappa shape index (κ3) is 1.89. The number of hydrogen-bond acceptors (Lipinski definition) is 4. The highest BCUT2D eigenvalue weighted by Gasteiger charge is 2.32. The zero-order valence-electron chi connectivity index (χ0n) is 8.81. The second-order valence-corrected chi connectivity index (χ2v) is 6.37. The van der Waals surface area contributed by atoms with Crippen molar-refractivity contribution in [1.82, 2.24) is 4.98 Å². The Labute approximate surface area is 94.0 Å². The van der Waals surface area contributed by atoms with E-state index < -0.39 is 21.0 Å². The van der Waals surface area contributed by atoms with Gasteiger partial charge in [-0.1, -0.05) is 19.3 Å². The van der Waals surface area contributed by atoms with Crippen molar-refractivity contribution in [2.75, 3.05) is 0 Å². The van der Waals surface area contributed by atoms with Crippen LogP contribution in [0.1, 0.15) is 32.1 Å². The van der Waals surface area contributed by atoms with Crippen LogP contribution in [0.4, 0.5) is 0 Å². The molecular formula is C10H15NO4S. The molecule has 0 unspecified atom stereocenters. The fourth-order valence-corrected chi connectivity index (χ4v) is 4.09. The van der Waals surface area contributed by atoms with Gasteiger partial charge in [-0.3, -0.25) is 4.98 Å². The Kier molecular flexibility index (Phi) is 2.84. The van der Waals surface area contributed by atoms with Crippen LogP contribution in [-0.4, -0.2) is 28.9 Å². The third-order valence-electron chi connectivity index (χ3n) is 3.05. The van der Waals surface area contributed by atoms with Crippen molar-refractivity contribution in [3.05, 3.63) is 6.07 Å². The normalized spacial score (nSPS) is 18.8.